The van der Waals surface area contributed by atoms with Crippen molar-refractivity contribution in [3.05, 3.63) is 42.2 Å². The number of hydrogen-bond donors (Lipinski definition) is 2. The quantitative estimate of drug-likeness (QED) is 0.639. The third kappa shape index (κ3) is 2.95. The zero-order chi connectivity index (χ0) is 13.0. The number of rotatable bonds is 4. The molecular weight excluding hydrogens is 228 g/mol. The van der Waals surface area contributed by atoms with Gasteiger partial charge in [-0.2, -0.15) is 4.98 Å². The van der Waals surface area contributed by atoms with Crippen LogP contribution >= 0.6 is 0 Å². The van der Waals surface area contributed by atoms with Crippen LogP contribution < -0.4 is 16.0 Å². The molecule has 0 aliphatic rings. The van der Waals surface area contributed by atoms with Gasteiger partial charge in [-0.05, 0) is 23.6 Å². The summed E-state index contributed by atoms with van der Waals surface area (Å²) in [7, 11) is 0. The van der Waals surface area contributed by atoms with Crippen LogP contribution in [0.3, 0.4) is 0 Å². The minimum Gasteiger partial charge on any atom is -0.437 e. The molecular formula is C13H16N4O. The molecule has 0 radical (unpaired) electrons. The Morgan fingerprint density at radius 2 is 2.11 bits per heavy atom. The highest BCUT2D eigenvalue weighted by Crippen LogP contribution is 2.24. The Bertz CT molecular complexity index is 528. The van der Waals surface area contributed by atoms with Crippen molar-refractivity contribution >= 4 is 5.82 Å². The lowest BCUT2D eigenvalue weighted by Gasteiger charge is -2.09. The summed E-state index contributed by atoms with van der Waals surface area (Å²) < 4.78 is 5.64. The molecule has 0 fully saturated rings. The summed E-state index contributed by atoms with van der Waals surface area (Å²) in [5.74, 6) is 7.34. The minimum absolute atomic E-state index is 0.409. The molecule has 0 atom stereocenters. The molecule has 0 amide bonds. The van der Waals surface area contributed by atoms with Gasteiger partial charge in [-0.3, -0.25) is 4.98 Å². The first-order chi connectivity index (χ1) is 8.69. The number of ether oxygens (including phenoxy) is 1. The second kappa shape index (κ2) is 5.46. The summed E-state index contributed by atoms with van der Waals surface area (Å²) in [5, 5.41) is 0. The molecule has 18 heavy (non-hydrogen) atoms. The Hall–Kier alpha value is -2.14. The molecule has 0 aliphatic heterocycles. The van der Waals surface area contributed by atoms with Gasteiger partial charge < -0.3 is 10.2 Å². The van der Waals surface area contributed by atoms with Crippen molar-refractivity contribution in [3.8, 4) is 11.6 Å². The molecule has 2 aromatic rings. The lowest BCUT2D eigenvalue weighted by molar-refractivity contribution is 0.460. The Labute approximate surface area is 106 Å². The number of hydrogen-bond acceptors (Lipinski definition) is 5. The number of benzene rings is 1. The van der Waals surface area contributed by atoms with E-state index in [1.54, 1.807) is 6.20 Å². The zero-order valence-corrected chi connectivity index (χ0v) is 10.4. The van der Waals surface area contributed by atoms with Gasteiger partial charge in [0.1, 0.15) is 5.75 Å². The average molecular weight is 244 g/mol. The maximum atomic E-state index is 5.64. The molecule has 5 heteroatoms. The van der Waals surface area contributed by atoms with E-state index in [0.717, 1.165) is 5.75 Å². The second-order valence-corrected chi connectivity index (χ2v) is 4.22. The summed E-state index contributed by atoms with van der Waals surface area (Å²) in [6.07, 6.45) is 3.07. The zero-order valence-electron chi connectivity index (χ0n) is 10.4. The second-order valence-electron chi connectivity index (χ2n) is 4.22. The Balaban J connectivity index is 2.20. The van der Waals surface area contributed by atoms with Crippen LogP contribution in [0.5, 0.6) is 11.6 Å². The standard InChI is InChI=1S/C13H16N4O/c1-9(2)10-4-3-5-11(6-10)18-13-8-15-7-12(16-13)17-14/h3-9H,14H2,1-2H3,(H,16,17). The number of nitrogen functional groups attached to an aromatic ring is 1. The van der Waals surface area contributed by atoms with Gasteiger partial charge in [0.25, 0.3) is 0 Å². The first-order valence-corrected chi connectivity index (χ1v) is 5.75. The van der Waals surface area contributed by atoms with E-state index in [9.17, 15) is 0 Å². The summed E-state index contributed by atoms with van der Waals surface area (Å²) in [6.45, 7) is 4.27. The molecule has 0 saturated carbocycles. The third-order valence-electron chi connectivity index (χ3n) is 2.51. The van der Waals surface area contributed by atoms with E-state index in [4.69, 9.17) is 10.6 Å². The van der Waals surface area contributed by atoms with Crippen molar-refractivity contribution in [1.29, 1.82) is 0 Å². The summed E-state index contributed by atoms with van der Waals surface area (Å²) in [6, 6.07) is 7.91. The number of nitrogens with one attached hydrogen (secondary N) is 1. The molecule has 2 rings (SSSR count). The molecule has 1 heterocycles. The highest BCUT2D eigenvalue weighted by Gasteiger charge is 2.04. The predicted octanol–water partition coefficient (Wildman–Crippen LogP) is 2.68. The van der Waals surface area contributed by atoms with Crippen molar-refractivity contribution in [2.75, 3.05) is 5.43 Å². The third-order valence-corrected chi connectivity index (χ3v) is 2.51. The van der Waals surface area contributed by atoms with E-state index in [-0.39, 0.29) is 0 Å². The topological polar surface area (TPSA) is 73.1 Å². The van der Waals surface area contributed by atoms with E-state index >= 15 is 0 Å². The first-order valence-electron chi connectivity index (χ1n) is 5.75. The number of aromatic nitrogens is 2. The molecule has 94 valence electrons. The number of anilines is 1. The molecule has 0 bridgehead atoms. The molecule has 0 unspecified atom stereocenters. The summed E-state index contributed by atoms with van der Waals surface area (Å²) >= 11 is 0. The monoisotopic (exact) mass is 244 g/mol. The van der Waals surface area contributed by atoms with Crippen LogP contribution in [0.4, 0.5) is 5.82 Å². The normalized spacial score (nSPS) is 10.4. The van der Waals surface area contributed by atoms with Gasteiger partial charge in [-0.15, -0.1) is 0 Å². The van der Waals surface area contributed by atoms with Gasteiger partial charge in [-0.1, -0.05) is 26.0 Å². The van der Waals surface area contributed by atoms with E-state index in [0.29, 0.717) is 17.6 Å². The van der Waals surface area contributed by atoms with E-state index < -0.39 is 0 Å². The lowest BCUT2D eigenvalue weighted by atomic mass is 10.0. The predicted molar refractivity (Wildman–Crippen MR) is 70.4 cm³/mol. The highest BCUT2D eigenvalue weighted by atomic mass is 16.5. The van der Waals surface area contributed by atoms with Crippen molar-refractivity contribution < 1.29 is 4.74 Å². The Morgan fingerprint density at radius 3 is 2.83 bits per heavy atom. The van der Waals surface area contributed by atoms with Gasteiger partial charge in [-0.25, -0.2) is 5.84 Å². The van der Waals surface area contributed by atoms with Crippen LogP contribution in [0.2, 0.25) is 0 Å². The SMILES string of the molecule is CC(C)c1cccc(Oc2cncc(NN)n2)c1. The van der Waals surface area contributed by atoms with E-state index in [1.807, 2.05) is 18.2 Å². The van der Waals surface area contributed by atoms with Crippen molar-refractivity contribution in [2.24, 2.45) is 5.84 Å². The summed E-state index contributed by atoms with van der Waals surface area (Å²) in [4.78, 5) is 8.12. The Kier molecular flexibility index (Phi) is 3.74. The van der Waals surface area contributed by atoms with Crippen LogP contribution in [0.25, 0.3) is 0 Å². The largest absolute Gasteiger partial charge is 0.437 e. The van der Waals surface area contributed by atoms with Crippen molar-refractivity contribution in [2.45, 2.75) is 19.8 Å². The van der Waals surface area contributed by atoms with Gasteiger partial charge in [0.2, 0.25) is 5.88 Å². The molecule has 0 spiro atoms. The number of hydrazine groups is 1. The average Bonchev–Trinajstić information content (AvgIpc) is 2.39. The molecule has 0 saturated heterocycles. The van der Waals surface area contributed by atoms with Crippen LogP contribution in [0.15, 0.2) is 36.7 Å². The van der Waals surface area contributed by atoms with Gasteiger partial charge in [0.05, 0.1) is 12.4 Å². The van der Waals surface area contributed by atoms with Crippen LogP contribution in [-0.2, 0) is 0 Å². The smallest absolute Gasteiger partial charge is 0.239 e. The summed E-state index contributed by atoms with van der Waals surface area (Å²) in [5.41, 5.74) is 3.65. The fraction of sp³-hybridized carbons (Fsp3) is 0.231. The molecule has 0 aliphatic carbocycles. The maximum Gasteiger partial charge on any atom is 0.239 e. The van der Waals surface area contributed by atoms with Crippen LogP contribution in [0.1, 0.15) is 25.3 Å². The lowest BCUT2D eigenvalue weighted by Crippen LogP contribution is -2.09. The van der Waals surface area contributed by atoms with E-state index in [1.165, 1.54) is 11.8 Å². The van der Waals surface area contributed by atoms with Crippen molar-refractivity contribution in [1.82, 2.24) is 9.97 Å². The van der Waals surface area contributed by atoms with Crippen LogP contribution in [0, 0.1) is 0 Å². The fourth-order valence-corrected chi connectivity index (χ4v) is 1.52. The highest BCUT2D eigenvalue weighted by molar-refractivity contribution is 5.35. The number of nitrogens with zero attached hydrogens (tertiary/aromatic N) is 2. The molecule has 3 N–H and O–H groups in total. The minimum atomic E-state index is 0.409. The molecule has 5 nitrogen and oxygen atoms in total. The Morgan fingerprint density at radius 1 is 1.28 bits per heavy atom. The fourth-order valence-electron chi connectivity index (χ4n) is 1.52. The van der Waals surface area contributed by atoms with Gasteiger partial charge in [0.15, 0.2) is 5.82 Å². The van der Waals surface area contributed by atoms with Crippen molar-refractivity contribution in [3.63, 3.8) is 0 Å². The van der Waals surface area contributed by atoms with Gasteiger partial charge >= 0.3 is 0 Å². The van der Waals surface area contributed by atoms with E-state index in [2.05, 4.69) is 35.3 Å². The maximum absolute atomic E-state index is 5.64. The molecule has 1 aromatic heterocycles. The molecule has 1 aromatic carbocycles. The van der Waals surface area contributed by atoms with Gasteiger partial charge in [0, 0.05) is 0 Å². The first kappa shape index (κ1) is 12.3. The van der Waals surface area contributed by atoms with Crippen LogP contribution in [-0.4, -0.2) is 9.97 Å². The number of nitrogens with two attached hydrogens (primary N) is 1.